The summed E-state index contributed by atoms with van der Waals surface area (Å²) in [5.74, 6) is 1.28. The van der Waals surface area contributed by atoms with Gasteiger partial charge >= 0.3 is 0 Å². The number of rotatable bonds is 9. The molecule has 10 heteroatoms. The fraction of sp³-hybridized carbons (Fsp3) is 0.120. The number of ether oxygens (including phenoxy) is 1. The van der Waals surface area contributed by atoms with Gasteiger partial charge < -0.3 is 9.30 Å². The zero-order valence-corrected chi connectivity index (χ0v) is 21.8. The molecule has 0 aliphatic heterocycles. The third-order valence-corrected chi connectivity index (χ3v) is 6.64. The highest BCUT2D eigenvalue weighted by molar-refractivity contribution is 9.10. The van der Waals surface area contributed by atoms with Crippen LogP contribution in [0.25, 0.3) is 11.4 Å². The highest BCUT2D eigenvalue weighted by Crippen LogP contribution is 2.25. The van der Waals surface area contributed by atoms with Gasteiger partial charge in [0.15, 0.2) is 11.0 Å². The average molecular weight is 571 g/mol. The molecule has 1 amide bonds. The number of para-hydroxylation sites is 1. The van der Waals surface area contributed by atoms with Crippen LogP contribution in [0.3, 0.4) is 0 Å². The molecule has 0 radical (unpaired) electrons. The van der Waals surface area contributed by atoms with E-state index in [1.807, 2.05) is 84.4 Å². The monoisotopic (exact) mass is 569 g/mol. The van der Waals surface area contributed by atoms with Crippen LogP contribution in [0.4, 0.5) is 0 Å². The van der Waals surface area contributed by atoms with Crippen molar-refractivity contribution in [1.82, 2.24) is 20.2 Å². The molecule has 0 unspecified atom stereocenters. The molecule has 1 aromatic heterocycles. The molecule has 0 aliphatic carbocycles. The maximum absolute atomic E-state index is 12.3. The second kappa shape index (κ2) is 12.0. The van der Waals surface area contributed by atoms with E-state index in [2.05, 4.69) is 36.7 Å². The molecule has 0 saturated carbocycles. The summed E-state index contributed by atoms with van der Waals surface area (Å²) < 4.78 is 8.73. The van der Waals surface area contributed by atoms with Crippen molar-refractivity contribution in [3.8, 4) is 17.1 Å². The molecule has 0 spiro atoms. The van der Waals surface area contributed by atoms with Crippen LogP contribution in [-0.2, 0) is 18.4 Å². The number of hydrogen-bond donors (Lipinski definition) is 1. The van der Waals surface area contributed by atoms with Gasteiger partial charge in [-0.2, -0.15) is 5.10 Å². The number of benzene rings is 3. The van der Waals surface area contributed by atoms with Gasteiger partial charge in [0.1, 0.15) is 12.4 Å². The summed E-state index contributed by atoms with van der Waals surface area (Å²) in [4.78, 5) is 12.3. The number of halogens is 2. The number of hydrogen-bond acceptors (Lipinski definition) is 6. The lowest BCUT2D eigenvalue weighted by Crippen LogP contribution is -2.20. The second-order valence-electron chi connectivity index (χ2n) is 7.41. The number of carbonyl (C=O) groups is 1. The summed E-state index contributed by atoms with van der Waals surface area (Å²) in [7, 11) is 1.87. The first kappa shape index (κ1) is 25.0. The first-order valence-electron chi connectivity index (χ1n) is 10.6. The largest absolute Gasteiger partial charge is 0.488 e. The minimum atomic E-state index is -0.252. The summed E-state index contributed by atoms with van der Waals surface area (Å²) in [5.41, 5.74) is 5.24. The molecule has 0 aliphatic rings. The van der Waals surface area contributed by atoms with E-state index in [1.165, 1.54) is 11.8 Å². The van der Waals surface area contributed by atoms with Crippen molar-refractivity contribution in [3.05, 3.63) is 93.4 Å². The number of amides is 1. The summed E-state index contributed by atoms with van der Waals surface area (Å²) in [6, 6.07) is 22.8. The number of hydrazone groups is 1. The van der Waals surface area contributed by atoms with E-state index in [1.54, 1.807) is 6.21 Å². The quantitative estimate of drug-likeness (QED) is 0.158. The van der Waals surface area contributed by atoms with Crippen LogP contribution in [0, 0.1) is 0 Å². The van der Waals surface area contributed by atoms with Crippen molar-refractivity contribution >= 4 is 51.4 Å². The highest BCUT2D eigenvalue weighted by Gasteiger charge is 2.13. The Kier molecular flexibility index (Phi) is 8.57. The zero-order valence-electron chi connectivity index (χ0n) is 18.7. The van der Waals surface area contributed by atoms with E-state index < -0.39 is 0 Å². The molecule has 3 aromatic carbocycles. The van der Waals surface area contributed by atoms with Gasteiger partial charge in [0.25, 0.3) is 5.91 Å². The van der Waals surface area contributed by atoms with Crippen LogP contribution in [0.5, 0.6) is 5.75 Å². The third-order valence-electron chi connectivity index (χ3n) is 4.87. The van der Waals surface area contributed by atoms with Crippen molar-refractivity contribution in [2.75, 3.05) is 5.75 Å². The lowest BCUT2D eigenvalue weighted by atomic mass is 10.2. The lowest BCUT2D eigenvalue weighted by molar-refractivity contribution is -0.118. The number of thioether (sulfide) groups is 1. The van der Waals surface area contributed by atoms with Crippen LogP contribution in [-0.4, -0.2) is 32.6 Å². The average Bonchev–Trinajstić information content (AvgIpc) is 3.23. The van der Waals surface area contributed by atoms with Crippen molar-refractivity contribution in [3.63, 3.8) is 0 Å². The van der Waals surface area contributed by atoms with Crippen LogP contribution in [0.2, 0.25) is 5.02 Å². The van der Waals surface area contributed by atoms with Gasteiger partial charge in [-0.25, -0.2) is 5.43 Å². The Morgan fingerprint density at radius 3 is 2.74 bits per heavy atom. The predicted octanol–water partition coefficient (Wildman–Crippen LogP) is 5.72. The lowest BCUT2D eigenvalue weighted by Gasteiger charge is -2.09. The summed E-state index contributed by atoms with van der Waals surface area (Å²) >= 11 is 10.7. The summed E-state index contributed by atoms with van der Waals surface area (Å²) in [5, 5.41) is 13.9. The van der Waals surface area contributed by atoms with Crippen LogP contribution in [0.15, 0.2) is 87.5 Å². The standard InChI is InChI=1S/C25H21BrClN5O2S/c1-32-24(18-6-4-7-20(26)13-18)30-31-25(32)35-16-23(33)29-28-14-19-5-2-3-8-22(19)34-15-17-9-11-21(27)12-10-17/h2-14H,15-16H2,1H3,(H,29,33)/b28-14+. The normalized spacial score (nSPS) is 11.1. The topological polar surface area (TPSA) is 81.4 Å². The maximum atomic E-state index is 12.3. The van der Waals surface area contributed by atoms with E-state index >= 15 is 0 Å². The number of nitrogens with zero attached hydrogens (tertiary/aromatic N) is 4. The van der Waals surface area contributed by atoms with E-state index in [4.69, 9.17) is 16.3 Å². The Morgan fingerprint density at radius 1 is 1.14 bits per heavy atom. The minimum absolute atomic E-state index is 0.149. The molecule has 4 aromatic rings. The second-order valence-corrected chi connectivity index (χ2v) is 9.70. The van der Waals surface area contributed by atoms with Gasteiger partial charge in [0, 0.05) is 27.7 Å². The highest BCUT2D eigenvalue weighted by atomic mass is 79.9. The van der Waals surface area contributed by atoms with E-state index in [9.17, 15) is 4.79 Å². The first-order chi connectivity index (χ1) is 17.0. The van der Waals surface area contributed by atoms with Gasteiger partial charge in [0.2, 0.25) is 0 Å². The summed E-state index contributed by atoms with van der Waals surface area (Å²) in [6.45, 7) is 0.393. The molecule has 0 saturated heterocycles. The number of nitrogens with one attached hydrogen (secondary N) is 1. The van der Waals surface area contributed by atoms with Crippen molar-refractivity contribution in [2.45, 2.75) is 11.8 Å². The fourth-order valence-electron chi connectivity index (χ4n) is 3.12. The molecule has 1 N–H and O–H groups in total. The van der Waals surface area contributed by atoms with Crippen molar-refractivity contribution in [1.29, 1.82) is 0 Å². The Morgan fingerprint density at radius 2 is 1.94 bits per heavy atom. The number of aromatic nitrogens is 3. The molecule has 0 fully saturated rings. The van der Waals surface area contributed by atoms with E-state index in [0.717, 1.165) is 27.0 Å². The Hall–Kier alpha value is -3.14. The number of carbonyl (C=O) groups excluding carboxylic acids is 1. The SMILES string of the molecule is Cn1c(SCC(=O)N/N=C/c2ccccc2OCc2ccc(Cl)cc2)nnc1-c1cccc(Br)c1. The molecular weight excluding hydrogens is 550 g/mol. The van der Waals surface area contributed by atoms with E-state index in [-0.39, 0.29) is 11.7 Å². The Balaban J connectivity index is 1.30. The molecule has 0 atom stereocenters. The van der Waals surface area contributed by atoms with Gasteiger partial charge in [-0.1, -0.05) is 75.7 Å². The molecule has 7 nitrogen and oxygen atoms in total. The molecule has 1 heterocycles. The molecule has 35 heavy (non-hydrogen) atoms. The predicted molar refractivity (Wildman–Crippen MR) is 143 cm³/mol. The Labute approximate surface area is 220 Å². The zero-order chi connectivity index (χ0) is 24.6. The van der Waals surface area contributed by atoms with Crippen molar-refractivity contribution < 1.29 is 9.53 Å². The van der Waals surface area contributed by atoms with Crippen molar-refractivity contribution in [2.24, 2.45) is 12.1 Å². The van der Waals surface area contributed by atoms with Gasteiger partial charge in [-0.3, -0.25) is 4.79 Å². The molecule has 4 rings (SSSR count). The summed E-state index contributed by atoms with van der Waals surface area (Å²) in [6.07, 6.45) is 1.56. The van der Waals surface area contributed by atoms with Gasteiger partial charge in [-0.05, 0) is 42.0 Å². The smallest absolute Gasteiger partial charge is 0.250 e. The third kappa shape index (κ3) is 6.94. The first-order valence-corrected chi connectivity index (χ1v) is 12.7. The minimum Gasteiger partial charge on any atom is -0.488 e. The molecular formula is C25H21BrClN5O2S. The van der Waals surface area contributed by atoms with Crippen LogP contribution < -0.4 is 10.2 Å². The van der Waals surface area contributed by atoms with Crippen LogP contribution >= 0.6 is 39.3 Å². The molecule has 178 valence electrons. The fourth-order valence-corrected chi connectivity index (χ4v) is 4.34. The molecule has 0 bridgehead atoms. The Bertz CT molecular complexity index is 1340. The van der Waals surface area contributed by atoms with Crippen LogP contribution in [0.1, 0.15) is 11.1 Å². The van der Waals surface area contributed by atoms with E-state index in [0.29, 0.717) is 22.5 Å². The van der Waals surface area contributed by atoms with Gasteiger partial charge in [-0.15, -0.1) is 10.2 Å². The van der Waals surface area contributed by atoms with Gasteiger partial charge in [0.05, 0.1) is 12.0 Å². The maximum Gasteiger partial charge on any atom is 0.250 e.